The van der Waals surface area contributed by atoms with Crippen LogP contribution in [0.2, 0.25) is 0 Å². The van der Waals surface area contributed by atoms with Crippen LogP contribution in [0.1, 0.15) is 77.7 Å². The van der Waals surface area contributed by atoms with Gasteiger partial charge in [-0.1, -0.05) is 57.7 Å². The van der Waals surface area contributed by atoms with Crippen LogP contribution < -0.4 is 5.32 Å². The summed E-state index contributed by atoms with van der Waals surface area (Å²) in [6, 6.07) is 8.42. The van der Waals surface area contributed by atoms with Gasteiger partial charge < -0.3 is 15.0 Å². The molecule has 0 heterocycles. The molecule has 30 heavy (non-hydrogen) atoms. The van der Waals surface area contributed by atoms with Gasteiger partial charge in [-0.2, -0.15) is 0 Å². The molecule has 4 heteroatoms. The number of nitrogens with one attached hydrogen (secondary N) is 1. The largest absolute Gasteiger partial charge is 0.376 e. The Bertz CT molecular complexity index is 738. The summed E-state index contributed by atoms with van der Waals surface area (Å²) in [6.07, 6.45) is 10.1. The van der Waals surface area contributed by atoms with Gasteiger partial charge in [-0.05, 0) is 67.9 Å². The monoisotopic (exact) mass is 412 g/mol. The fraction of sp³-hybridized carbons (Fsp3) is 0.731. The maximum atomic E-state index is 13.2. The van der Waals surface area contributed by atoms with Gasteiger partial charge in [-0.3, -0.25) is 0 Å². The molecule has 0 aromatic heterocycles. The molecule has 0 spiro atoms. The van der Waals surface area contributed by atoms with Crippen molar-refractivity contribution in [1.29, 1.82) is 0 Å². The number of hydrogen-bond donors (Lipinski definition) is 1. The maximum Gasteiger partial charge on any atom is 0.322 e. The van der Waals surface area contributed by atoms with Crippen molar-refractivity contribution in [2.45, 2.75) is 91.2 Å². The van der Waals surface area contributed by atoms with Crippen molar-refractivity contribution in [1.82, 2.24) is 4.90 Å². The highest BCUT2D eigenvalue weighted by molar-refractivity contribution is 5.89. The predicted molar refractivity (Wildman–Crippen MR) is 123 cm³/mol. The van der Waals surface area contributed by atoms with E-state index in [1.54, 1.807) is 0 Å². The lowest BCUT2D eigenvalue weighted by molar-refractivity contribution is -0.0517. The Hall–Kier alpha value is -1.55. The second-order valence-electron chi connectivity index (χ2n) is 10.8. The standard InChI is InChI=1S/C26H40N2O2/c1-19-10-12-21(13-11-19)27-24(29)28(22-8-6-5-7-9-22)16-17-30-23-18-20-14-15-26(23,4)25(20,2)3/h10-13,20,22-23H,5-9,14-18H2,1-4H3,(H,27,29)/t20-,23-,26+/m0/s1. The van der Waals surface area contributed by atoms with Crippen molar-refractivity contribution < 1.29 is 9.53 Å². The zero-order valence-corrected chi connectivity index (χ0v) is 19.4. The first-order valence-electron chi connectivity index (χ1n) is 12.1. The van der Waals surface area contributed by atoms with E-state index in [9.17, 15) is 4.79 Å². The van der Waals surface area contributed by atoms with Gasteiger partial charge in [0.2, 0.25) is 0 Å². The number of urea groups is 1. The molecule has 1 N–H and O–H groups in total. The molecular formula is C26H40N2O2. The predicted octanol–water partition coefficient (Wildman–Crippen LogP) is 6.39. The normalized spacial score (nSPS) is 30.4. The van der Waals surface area contributed by atoms with Crippen LogP contribution in [0.3, 0.4) is 0 Å². The molecule has 166 valence electrons. The third kappa shape index (κ3) is 4.00. The Morgan fingerprint density at radius 2 is 1.80 bits per heavy atom. The average Bonchev–Trinajstić information content (AvgIpc) is 3.07. The molecule has 4 rings (SSSR count). The Labute approximate surface area is 182 Å². The molecular weight excluding hydrogens is 372 g/mol. The first-order chi connectivity index (χ1) is 14.3. The number of fused-ring (bicyclic) bond motifs is 2. The Morgan fingerprint density at radius 3 is 2.40 bits per heavy atom. The van der Waals surface area contributed by atoms with E-state index in [1.165, 1.54) is 44.1 Å². The van der Waals surface area contributed by atoms with Gasteiger partial charge in [-0.25, -0.2) is 4.79 Å². The summed E-state index contributed by atoms with van der Waals surface area (Å²) in [4.78, 5) is 15.2. The van der Waals surface area contributed by atoms with Gasteiger partial charge in [-0.15, -0.1) is 0 Å². The van der Waals surface area contributed by atoms with E-state index in [2.05, 4.69) is 37.9 Å². The average molecular weight is 413 g/mol. The van der Waals surface area contributed by atoms with Crippen LogP contribution in [0.4, 0.5) is 10.5 Å². The van der Waals surface area contributed by atoms with E-state index in [0.717, 1.165) is 24.4 Å². The maximum absolute atomic E-state index is 13.2. The third-order valence-electron chi connectivity index (χ3n) is 8.94. The molecule has 0 saturated heterocycles. The lowest BCUT2D eigenvalue weighted by Crippen LogP contribution is -2.46. The van der Waals surface area contributed by atoms with Crippen molar-refractivity contribution in [2.75, 3.05) is 18.5 Å². The number of rotatable bonds is 6. The van der Waals surface area contributed by atoms with Gasteiger partial charge in [0, 0.05) is 18.3 Å². The lowest BCUT2D eigenvalue weighted by Gasteiger charge is -2.39. The van der Waals surface area contributed by atoms with E-state index in [4.69, 9.17) is 4.74 Å². The summed E-state index contributed by atoms with van der Waals surface area (Å²) in [5.41, 5.74) is 2.71. The zero-order chi connectivity index (χ0) is 21.4. The minimum absolute atomic E-state index is 0.0221. The molecule has 3 aliphatic rings. The number of carbonyl (C=O) groups is 1. The van der Waals surface area contributed by atoms with Crippen LogP contribution in [0.15, 0.2) is 24.3 Å². The fourth-order valence-corrected chi connectivity index (χ4v) is 6.35. The third-order valence-corrected chi connectivity index (χ3v) is 8.94. The molecule has 1 aromatic carbocycles. The van der Waals surface area contributed by atoms with Crippen molar-refractivity contribution >= 4 is 11.7 Å². The molecule has 3 fully saturated rings. The topological polar surface area (TPSA) is 41.6 Å². The summed E-state index contributed by atoms with van der Waals surface area (Å²) < 4.78 is 6.49. The molecule has 0 aliphatic heterocycles. The van der Waals surface area contributed by atoms with Crippen molar-refractivity contribution in [2.24, 2.45) is 16.7 Å². The molecule has 0 unspecified atom stereocenters. The summed E-state index contributed by atoms with van der Waals surface area (Å²) >= 11 is 0. The minimum Gasteiger partial charge on any atom is -0.376 e. The highest BCUT2D eigenvalue weighted by Crippen LogP contribution is 2.66. The second kappa shape index (κ2) is 8.53. The first-order valence-corrected chi connectivity index (χ1v) is 12.1. The SMILES string of the molecule is Cc1ccc(NC(=O)N(CCO[C@H]2C[C@@H]3CC[C@@]2(C)C3(C)C)C2CCCCC2)cc1. The number of aryl methyl sites for hydroxylation is 1. The van der Waals surface area contributed by atoms with Crippen molar-refractivity contribution in [3.8, 4) is 0 Å². The minimum atomic E-state index is 0.0221. The molecule has 3 aliphatic carbocycles. The van der Waals surface area contributed by atoms with Gasteiger partial charge in [0.1, 0.15) is 0 Å². The quantitative estimate of drug-likeness (QED) is 0.588. The zero-order valence-electron chi connectivity index (χ0n) is 19.4. The van der Waals surface area contributed by atoms with Crippen LogP contribution in [0, 0.1) is 23.7 Å². The first kappa shape index (κ1) is 21.7. The van der Waals surface area contributed by atoms with E-state index < -0.39 is 0 Å². The Morgan fingerprint density at radius 1 is 1.10 bits per heavy atom. The molecule has 3 atom stereocenters. The number of anilines is 1. The highest BCUT2D eigenvalue weighted by Gasteiger charge is 2.61. The van der Waals surface area contributed by atoms with Gasteiger partial charge in [0.25, 0.3) is 0 Å². The number of benzene rings is 1. The summed E-state index contributed by atoms with van der Waals surface area (Å²) in [6.45, 7) is 10.7. The van der Waals surface area contributed by atoms with Crippen LogP contribution in [-0.4, -0.2) is 36.2 Å². The van der Waals surface area contributed by atoms with Crippen LogP contribution in [0.5, 0.6) is 0 Å². The summed E-state index contributed by atoms with van der Waals surface area (Å²) in [7, 11) is 0. The summed E-state index contributed by atoms with van der Waals surface area (Å²) in [5, 5.41) is 3.12. The molecule has 1 aromatic rings. The lowest BCUT2D eigenvalue weighted by atomic mass is 9.70. The van der Waals surface area contributed by atoms with Crippen LogP contribution in [-0.2, 0) is 4.74 Å². The fourth-order valence-electron chi connectivity index (χ4n) is 6.35. The number of nitrogens with zero attached hydrogens (tertiary/aromatic N) is 1. The van der Waals surface area contributed by atoms with E-state index in [-0.39, 0.29) is 11.4 Å². The molecule has 3 saturated carbocycles. The van der Waals surface area contributed by atoms with Crippen molar-refractivity contribution in [3.05, 3.63) is 29.8 Å². The number of carbonyl (C=O) groups excluding carboxylic acids is 1. The Balaban J connectivity index is 1.38. The molecule has 4 nitrogen and oxygen atoms in total. The molecule has 2 amide bonds. The smallest absolute Gasteiger partial charge is 0.322 e. The number of amides is 2. The summed E-state index contributed by atoms with van der Waals surface area (Å²) in [5.74, 6) is 0.784. The number of hydrogen-bond acceptors (Lipinski definition) is 2. The van der Waals surface area contributed by atoms with Crippen molar-refractivity contribution in [3.63, 3.8) is 0 Å². The van der Waals surface area contributed by atoms with Gasteiger partial charge >= 0.3 is 6.03 Å². The Kier molecular flexibility index (Phi) is 6.16. The van der Waals surface area contributed by atoms with E-state index in [1.807, 2.05) is 24.3 Å². The second-order valence-corrected chi connectivity index (χ2v) is 10.8. The molecule has 2 bridgehead atoms. The van der Waals surface area contributed by atoms with Crippen LogP contribution >= 0.6 is 0 Å². The van der Waals surface area contributed by atoms with E-state index >= 15 is 0 Å². The van der Waals surface area contributed by atoms with Crippen LogP contribution in [0.25, 0.3) is 0 Å². The highest BCUT2D eigenvalue weighted by atomic mass is 16.5. The van der Waals surface area contributed by atoms with Gasteiger partial charge in [0.05, 0.1) is 12.7 Å². The molecule has 0 radical (unpaired) electrons. The number of ether oxygens (including phenoxy) is 1. The van der Waals surface area contributed by atoms with Gasteiger partial charge in [0.15, 0.2) is 0 Å². The van der Waals surface area contributed by atoms with E-state index in [0.29, 0.717) is 30.7 Å².